The summed E-state index contributed by atoms with van der Waals surface area (Å²) in [6.45, 7) is 3.00. The van der Waals surface area contributed by atoms with Gasteiger partial charge >= 0.3 is 0 Å². The molecule has 1 aromatic carbocycles. The van der Waals surface area contributed by atoms with Gasteiger partial charge in [-0.05, 0) is 30.5 Å². The number of rotatable bonds is 8. The van der Waals surface area contributed by atoms with Gasteiger partial charge in [0.15, 0.2) is 0 Å². The van der Waals surface area contributed by atoms with E-state index in [2.05, 4.69) is 19.1 Å². The maximum absolute atomic E-state index is 5.64. The van der Waals surface area contributed by atoms with Gasteiger partial charge in [-0.15, -0.1) is 0 Å². The molecule has 0 radical (unpaired) electrons. The van der Waals surface area contributed by atoms with E-state index in [1.807, 2.05) is 12.1 Å². The lowest BCUT2D eigenvalue weighted by atomic mass is 10.1. The summed E-state index contributed by atoms with van der Waals surface area (Å²) in [6.07, 6.45) is 5.25. The number of hydrogen-bond donors (Lipinski definition) is 1. The lowest BCUT2D eigenvalue weighted by Crippen LogP contribution is -2.08. The van der Waals surface area contributed by atoms with Gasteiger partial charge in [0, 0.05) is 6.42 Å². The molecule has 0 spiro atoms. The highest BCUT2D eigenvalue weighted by molar-refractivity contribution is 7.80. The molecule has 1 rings (SSSR count). The normalized spacial score (nSPS) is 10.2. The molecular formula is C14H21NOS. The van der Waals surface area contributed by atoms with E-state index < -0.39 is 0 Å². The zero-order chi connectivity index (χ0) is 12.5. The van der Waals surface area contributed by atoms with Crippen molar-refractivity contribution in [3.05, 3.63) is 29.8 Å². The second kappa shape index (κ2) is 8.07. The van der Waals surface area contributed by atoms with Crippen LogP contribution in [0.5, 0.6) is 5.75 Å². The van der Waals surface area contributed by atoms with Gasteiger partial charge in [-0.25, -0.2) is 0 Å². The fraction of sp³-hybridized carbons (Fsp3) is 0.500. The van der Waals surface area contributed by atoms with Crippen molar-refractivity contribution in [1.29, 1.82) is 0 Å². The van der Waals surface area contributed by atoms with Crippen molar-refractivity contribution in [2.24, 2.45) is 5.73 Å². The molecule has 2 N–H and O–H groups in total. The van der Waals surface area contributed by atoms with Crippen molar-refractivity contribution in [1.82, 2.24) is 0 Å². The van der Waals surface area contributed by atoms with Crippen LogP contribution < -0.4 is 10.5 Å². The maximum Gasteiger partial charge on any atom is 0.119 e. The van der Waals surface area contributed by atoms with E-state index >= 15 is 0 Å². The van der Waals surface area contributed by atoms with Crippen LogP contribution in [0.3, 0.4) is 0 Å². The molecule has 0 atom stereocenters. The Balaban J connectivity index is 2.31. The zero-order valence-corrected chi connectivity index (χ0v) is 11.3. The monoisotopic (exact) mass is 251 g/mol. The fourth-order valence-corrected chi connectivity index (χ4v) is 1.66. The van der Waals surface area contributed by atoms with Gasteiger partial charge in [-0.1, -0.05) is 44.1 Å². The third kappa shape index (κ3) is 6.27. The summed E-state index contributed by atoms with van der Waals surface area (Å²) in [4.78, 5) is 0.574. The van der Waals surface area contributed by atoms with Crippen LogP contribution in [0.25, 0.3) is 0 Å². The van der Waals surface area contributed by atoms with Crippen LogP contribution in [0.4, 0.5) is 0 Å². The van der Waals surface area contributed by atoms with Crippen LogP contribution in [0.2, 0.25) is 0 Å². The predicted molar refractivity (Wildman–Crippen MR) is 76.6 cm³/mol. The first-order valence-electron chi connectivity index (χ1n) is 6.22. The molecule has 2 nitrogen and oxygen atoms in total. The van der Waals surface area contributed by atoms with Crippen LogP contribution in [-0.2, 0) is 6.42 Å². The van der Waals surface area contributed by atoms with Crippen molar-refractivity contribution in [3.8, 4) is 5.75 Å². The predicted octanol–water partition coefficient (Wildman–Crippen LogP) is 3.47. The van der Waals surface area contributed by atoms with Gasteiger partial charge in [0.2, 0.25) is 0 Å². The van der Waals surface area contributed by atoms with E-state index in [0.717, 1.165) is 31.6 Å². The van der Waals surface area contributed by atoms with Crippen LogP contribution in [-0.4, -0.2) is 11.6 Å². The summed E-state index contributed by atoms with van der Waals surface area (Å²) < 4.78 is 5.64. The standard InChI is InChI=1S/C14H21NOS/c1-2-3-4-11-16-13-8-5-12(6-9-13)7-10-14(15)17/h5-6,8-9H,2-4,7,10-11H2,1H3,(H2,15,17). The van der Waals surface area contributed by atoms with Crippen molar-refractivity contribution >= 4 is 17.2 Å². The van der Waals surface area contributed by atoms with Gasteiger partial charge in [-0.3, -0.25) is 0 Å². The number of aryl methyl sites for hydroxylation is 1. The van der Waals surface area contributed by atoms with E-state index in [9.17, 15) is 0 Å². The first kappa shape index (κ1) is 14.0. The van der Waals surface area contributed by atoms with Crippen molar-refractivity contribution in [3.63, 3.8) is 0 Å². The molecule has 94 valence electrons. The van der Waals surface area contributed by atoms with E-state index in [1.165, 1.54) is 18.4 Å². The molecule has 0 aromatic heterocycles. The molecule has 0 amide bonds. The fourth-order valence-electron chi connectivity index (χ4n) is 1.56. The van der Waals surface area contributed by atoms with E-state index in [1.54, 1.807) is 0 Å². The molecule has 0 aliphatic rings. The Labute approximate surface area is 109 Å². The van der Waals surface area contributed by atoms with Crippen molar-refractivity contribution < 1.29 is 4.74 Å². The maximum atomic E-state index is 5.64. The molecule has 0 saturated heterocycles. The smallest absolute Gasteiger partial charge is 0.119 e. The Hall–Kier alpha value is -1.09. The van der Waals surface area contributed by atoms with E-state index in [-0.39, 0.29) is 0 Å². The van der Waals surface area contributed by atoms with Gasteiger partial charge in [0.05, 0.1) is 11.6 Å². The second-order valence-corrected chi connectivity index (χ2v) is 4.69. The number of ether oxygens (including phenoxy) is 1. The second-order valence-electron chi connectivity index (χ2n) is 4.17. The van der Waals surface area contributed by atoms with Crippen LogP contribution in [0, 0.1) is 0 Å². The summed E-state index contributed by atoms with van der Waals surface area (Å²) >= 11 is 4.86. The third-order valence-electron chi connectivity index (χ3n) is 2.60. The minimum absolute atomic E-state index is 0.574. The summed E-state index contributed by atoms with van der Waals surface area (Å²) in [7, 11) is 0. The lowest BCUT2D eigenvalue weighted by molar-refractivity contribution is 0.306. The van der Waals surface area contributed by atoms with Crippen LogP contribution in [0.1, 0.15) is 38.2 Å². The number of thiocarbonyl (C=S) groups is 1. The Kier molecular flexibility index (Phi) is 6.63. The molecule has 0 aliphatic carbocycles. The third-order valence-corrected chi connectivity index (χ3v) is 2.80. The molecule has 0 saturated carbocycles. The molecular weight excluding hydrogens is 230 g/mol. The van der Waals surface area contributed by atoms with Gasteiger partial charge in [0.1, 0.15) is 5.75 Å². The lowest BCUT2D eigenvalue weighted by Gasteiger charge is -2.06. The molecule has 0 bridgehead atoms. The minimum Gasteiger partial charge on any atom is -0.494 e. The first-order valence-corrected chi connectivity index (χ1v) is 6.63. The number of benzene rings is 1. The largest absolute Gasteiger partial charge is 0.494 e. The van der Waals surface area contributed by atoms with Crippen molar-refractivity contribution in [2.75, 3.05) is 6.61 Å². The first-order chi connectivity index (χ1) is 8.22. The highest BCUT2D eigenvalue weighted by Crippen LogP contribution is 2.14. The summed E-state index contributed by atoms with van der Waals surface area (Å²) in [5, 5.41) is 0. The quantitative estimate of drug-likeness (QED) is 0.567. The average molecular weight is 251 g/mol. The number of hydrogen-bond acceptors (Lipinski definition) is 2. The topological polar surface area (TPSA) is 35.2 Å². The van der Waals surface area contributed by atoms with Gasteiger partial charge in [0.25, 0.3) is 0 Å². The average Bonchev–Trinajstić information content (AvgIpc) is 2.33. The highest BCUT2D eigenvalue weighted by atomic mass is 32.1. The Morgan fingerprint density at radius 2 is 1.94 bits per heavy atom. The molecule has 3 heteroatoms. The van der Waals surface area contributed by atoms with Gasteiger partial charge in [-0.2, -0.15) is 0 Å². The minimum atomic E-state index is 0.574. The molecule has 0 fully saturated rings. The van der Waals surface area contributed by atoms with E-state index in [0.29, 0.717) is 4.99 Å². The Morgan fingerprint density at radius 3 is 2.53 bits per heavy atom. The zero-order valence-electron chi connectivity index (χ0n) is 10.4. The molecule has 1 aromatic rings. The molecule has 0 aliphatic heterocycles. The highest BCUT2D eigenvalue weighted by Gasteiger charge is 1.97. The number of nitrogens with two attached hydrogens (primary N) is 1. The van der Waals surface area contributed by atoms with Crippen molar-refractivity contribution in [2.45, 2.75) is 39.0 Å². The van der Waals surface area contributed by atoms with E-state index in [4.69, 9.17) is 22.7 Å². The molecule has 0 heterocycles. The molecule has 0 unspecified atom stereocenters. The Morgan fingerprint density at radius 1 is 1.24 bits per heavy atom. The number of unbranched alkanes of at least 4 members (excludes halogenated alkanes) is 2. The summed E-state index contributed by atoms with van der Waals surface area (Å²) in [6, 6.07) is 8.18. The molecule has 17 heavy (non-hydrogen) atoms. The SMILES string of the molecule is CCCCCOc1ccc(CCC(N)=S)cc1. The summed E-state index contributed by atoms with van der Waals surface area (Å²) in [5.41, 5.74) is 6.72. The Bertz CT molecular complexity index is 335. The summed E-state index contributed by atoms with van der Waals surface area (Å²) in [5.74, 6) is 0.945. The van der Waals surface area contributed by atoms with Crippen LogP contribution >= 0.6 is 12.2 Å². The van der Waals surface area contributed by atoms with Gasteiger partial charge < -0.3 is 10.5 Å². The van der Waals surface area contributed by atoms with Crippen LogP contribution in [0.15, 0.2) is 24.3 Å².